The molecule has 0 aliphatic heterocycles. The van der Waals surface area contributed by atoms with Gasteiger partial charge in [0.25, 0.3) is 5.91 Å². The number of primary amides is 1. The predicted octanol–water partition coefficient (Wildman–Crippen LogP) is 1.55. The molecular formula is C13H19ClN4O2. The smallest absolute Gasteiger partial charge is 0.253 e. The number of nitrogens with two attached hydrogens (primary N) is 1. The number of halogens is 1. The first-order valence-electron chi connectivity index (χ1n) is 6.42. The zero-order valence-electron chi connectivity index (χ0n) is 11.6. The normalized spacial score (nSPS) is 11.8. The van der Waals surface area contributed by atoms with Crippen LogP contribution in [0.4, 0.5) is 5.82 Å². The van der Waals surface area contributed by atoms with Crippen LogP contribution in [0, 0.1) is 0 Å². The number of carbonyl (C=O) groups is 2. The van der Waals surface area contributed by atoms with Crippen LogP contribution in [0.5, 0.6) is 0 Å². The summed E-state index contributed by atoms with van der Waals surface area (Å²) in [6, 6.07) is 1.20. The van der Waals surface area contributed by atoms with E-state index in [2.05, 4.69) is 15.6 Å². The van der Waals surface area contributed by atoms with Gasteiger partial charge in [0, 0.05) is 25.2 Å². The lowest BCUT2D eigenvalue weighted by Gasteiger charge is -2.12. The third-order valence-corrected chi connectivity index (χ3v) is 2.82. The predicted molar refractivity (Wildman–Crippen MR) is 78.8 cm³/mol. The van der Waals surface area contributed by atoms with Gasteiger partial charge in [0.15, 0.2) is 0 Å². The molecule has 1 aromatic rings. The van der Waals surface area contributed by atoms with Gasteiger partial charge >= 0.3 is 0 Å². The standard InChI is InChI=1S/C13H19ClN4O2/c1-3-4-16-12-10(14)6-9(7-17-12)13(20)18-8(2)5-11(15)19/h6-8H,3-5H2,1-2H3,(H2,15,19)(H,16,17)(H,18,20). The number of anilines is 1. The summed E-state index contributed by atoms with van der Waals surface area (Å²) in [6.07, 6.45) is 2.48. The number of aromatic nitrogens is 1. The first-order chi connectivity index (χ1) is 9.43. The highest BCUT2D eigenvalue weighted by Gasteiger charge is 2.13. The largest absolute Gasteiger partial charge is 0.370 e. The summed E-state index contributed by atoms with van der Waals surface area (Å²) in [5, 5.41) is 6.10. The topological polar surface area (TPSA) is 97.1 Å². The number of pyridine rings is 1. The van der Waals surface area contributed by atoms with Crippen molar-refractivity contribution >= 4 is 29.2 Å². The number of rotatable bonds is 7. The molecule has 110 valence electrons. The van der Waals surface area contributed by atoms with E-state index in [1.54, 1.807) is 13.0 Å². The molecule has 1 unspecified atom stereocenters. The second kappa shape index (κ2) is 7.69. The molecule has 0 radical (unpaired) electrons. The molecule has 7 heteroatoms. The fourth-order valence-corrected chi connectivity index (χ4v) is 1.83. The summed E-state index contributed by atoms with van der Waals surface area (Å²) in [5.41, 5.74) is 5.41. The van der Waals surface area contributed by atoms with Crippen LogP contribution in [0.25, 0.3) is 0 Å². The SMILES string of the molecule is CCCNc1ncc(C(=O)NC(C)CC(N)=O)cc1Cl. The van der Waals surface area contributed by atoms with E-state index in [9.17, 15) is 9.59 Å². The van der Waals surface area contributed by atoms with Gasteiger partial charge < -0.3 is 16.4 Å². The van der Waals surface area contributed by atoms with Crippen LogP contribution in [0.15, 0.2) is 12.3 Å². The van der Waals surface area contributed by atoms with E-state index < -0.39 is 5.91 Å². The molecule has 0 aliphatic carbocycles. The van der Waals surface area contributed by atoms with E-state index in [1.165, 1.54) is 6.20 Å². The Kier molecular flexibility index (Phi) is 6.24. The van der Waals surface area contributed by atoms with Crippen molar-refractivity contribution in [3.63, 3.8) is 0 Å². The van der Waals surface area contributed by atoms with Crippen molar-refractivity contribution in [1.29, 1.82) is 0 Å². The zero-order chi connectivity index (χ0) is 15.1. The average molecular weight is 299 g/mol. The maximum atomic E-state index is 11.9. The minimum atomic E-state index is -0.465. The lowest BCUT2D eigenvalue weighted by molar-refractivity contribution is -0.118. The fourth-order valence-electron chi connectivity index (χ4n) is 1.60. The first-order valence-corrected chi connectivity index (χ1v) is 6.80. The molecule has 0 saturated heterocycles. The van der Waals surface area contributed by atoms with E-state index >= 15 is 0 Å². The molecular weight excluding hydrogens is 280 g/mol. The maximum absolute atomic E-state index is 11.9. The molecule has 1 aromatic heterocycles. The Balaban J connectivity index is 2.69. The first kappa shape index (κ1) is 16.2. The number of nitrogens with one attached hydrogen (secondary N) is 2. The lowest BCUT2D eigenvalue weighted by atomic mass is 10.2. The van der Waals surface area contributed by atoms with E-state index in [-0.39, 0.29) is 18.4 Å². The average Bonchev–Trinajstić information content (AvgIpc) is 2.36. The lowest BCUT2D eigenvalue weighted by Crippen LogP contribution is -2.35. The van der Waals surface area contributed by atoms with Crippen LogP contribution >= 0.6 is 11.6 Å². The molecule has 0 fully saturated rings. The van der Waals surface area contributed by atoms with Crippen LogP contribution < -0.4 is 16.4 Å². The Bertz CT molecular complexity index is 493. The molecule has 1 heterocycles. The molecule has 2 amide bonds. The summed E-state index contributed by atoms with van der Waals surface area (Å²) in [4.78, 5) is 26.8. The maximum Gasteiger partial charge on any atom is 0.253 e. The third kappa shape index (κ3) is 5.05. The van der Waals surface area contributed by atoms with E-state index in [4.69, 9.17) is 17.3 Å². The van der Waals surface area contributed by atoms with Gasteiger partial charge in [-0.25, -0.2) is 4.98 Å². The van der Waals surface area contributed by atoms with Gasteiger partial charge in [-0.3, -0.25) is 9.59 Å². The molecule has 0 aromatic carbocycles. The number of nitrogens with zero attached hydrogens (tertiary/aromatic N) is 1. The molecule has 6 nitrogen and oxygen atoms in total. The summed E-state index contributed by atoms with van der Waals surface area (Å²) >= 11 is 6.05. The number of carbonyl (C=O) groups excluding carboxylic acids is 2. The number of hydrogen-bond donors (Lipinski definition) is 3. The van der Waals surface area contributed by atoms with Crippen LogP contribution in [-0.2, 0) is 4.79 Å². The highest BCUT2D eigenvalue weighted by molar-refractivity contribution is 6.33. The highest BCUT2D eigenvalue weighted by Crippen LogP contribution is 2.20. The van der Waals surface area contributed by atoms with E-state index in [0.29, 0.717) is 16.4 Å². The van der Waals surface area contributed by atoms with Crippen molar-refractivity contribution in [3.05, 3.63) is 22.8 Å². The Labute approximate surface area is 123 Å². The Morgan fingerprint density at radius 1 is 1.50 bits per heavy atom. The van der Waals surface area contributed by atoms with Gasteiger partial charge in [0.1, 0.15) is 5.82 Å². The highest BCUT2D eigenvalue weighted by atomic mass is 35.5. The minimum Gasteiger partial charge on any atom is -0.370 e. The van der Waals surface area contributed by atoms with Crippen LogP contribution in [-0.4, -0.2) is 29.4 Å². The van der Waals surface area contributed by atoms with Crippen LogP contribution in [0.1, 0.15) is 37.0 Å². The summed E-state index contributed by atoms with van der Waals surface area (Å²) < 4.78 is 0. The Morgan fingerprint density at radius 2 is 2.20 bits per heavy atom. The molecule has 1 rings (SSSR count). The van der Waals surface area contributed by atoms with Gasteiger partial charge in [0.2, 0.25) is 5.91 Å². The van der Waals surface area contributed by atoms with Gasteiger partial charge in [-0.05, 0) is 19.4 Å². The van der Waals surface area contributed by atoms with Crippen LogP contribution in [0.3, 0.4) is 0 Å². The Hall–Kier alpha value is -1.82. The van der Waals surface area contributed by atoms with Gasteiger partial charge in [-0.15, -0.1) is 0 Å². The molecule has 20 heavy (non-hydrogen) atoms. The quantitative estimate of drug-likeness (QED) is 0.711. The van der Waals surface area contributed by atoms with Gasteiger partial charge in [-0.2, -0.15) is 0 Å². The van der Waals surface area contributed by atoms with Crippen molar-refractivity contribution < 1.29 is 9.59 Å². The molecule has 0 aliphatic rings. The van der Waals surface area contributed by atoms with Crippen molar-refractivity contribution in [1.82, 2.24) is 10.3 Å². The monoisotopic (exact) mass is 298 g/mol. The fraction of sp³-hybridized carbons (Fsp3) is 0.462. The van der Waals surface area contributed by atoms with Crippen molar-refractivity contribution in [2.45, 2.75) is 32.7 Å². The zero-order valence-corrected chi connectivity index (χ0v) is 12.3. The molecule has 4 N–H and O–H groups in total. The van der Waals surface area contributed by atoms with E-state index in [0.717, 1.165) is 13.0 Å². The second-order valence-corrected chi connectivity index (χ2v) is 4.93. The van der Waals surface area contributed by atoms with Gasteiger partial charge in [0.05, 0.1) is 10.6 Å². The molecule has 0 saturated carbocycles. The second-order valence-electron chi connectivity index (χ2n) is 4.53. The molecule has 0 spiro atoms. The van der Waals surface area contributed by atoms with Crippen LogP contribution in [0.2, 0.25) is 5.02 Å². The van der Waals surface area contributed by atoms with Crippen molar-refractivity contribution in [2.24, 2.45) is 5.73 Å². The molecule has 0 bridgehead atoms. The summed E-state index contributed by atoms with van der Waals surface area (Å²) in [7, 11) is 0. The van der Waals surface area contributed by atoms with Crippen molar-refractivity contribution in [2.75, 3.05) is 11.9 Å². The minimum absolute atomic E-state index is 0.0863. The summed E-state index contributed by atoms with van der Waals surface area (Å²) in [5.74, 6) is -0.251. The van der Waals surface area contributed by atoms with Crippen molar-refractivity contribution in [3.8, 4) is 0 Å². The summed E-state index contributed by atoms with van der Waals surface area (Å²) in [6.45, 7) is 4.49. The third-order valence-electron chi connectivity index (χ3n) is 2.53. The number of hydrogen-bond acceptors (Lipinski definition) is 4. The van der Waals surface area contributed by atoms with E-state index in [1.807, 2.05) is 6.92 Å². The molecule has 1 atom stereocenters. The Morgan fingerprint density at radius 3 is 2.75 bits per heavy atom. The van der Waals surface area contributed by atoms with Gasteiger partial charge in [-0.1, -0.05) is 18.5 Å². The number of amides is 2.